The van der Waals surface area contributed by atoms with Crippen LogP contribution in [0, 0.1) is 0 Å². The second kappa shape index (κ2) is 11.1. The lowest BCUT2D eigenvalue weighted by atomic mass is 10.1. The van der Waals surface area contributed by atoms with Crippen molar-refractivity contribution in [3.05, 3.63) is 101 Å². The van der Waals surface area contributed by atoms with Crippen molar-refractivity contribution in [2.24, 2.45) is 0 Å². The first-order valence-corrected chi connectivity index (χ1v) is 12.7. The van der Waals surface area contributed by atoms with E-state index in [1.807, 2.05) is 90.3 Å². The summed E-state index contributed by atoms with van der Waals surface area (Å²) in [5, 5.41) is 6.09. The highest BCUT2D eigenvalue weighted by Gasteiger charge is 2.10. The Morgan fingerprint density at radius 1 is 0.892 bits per heavy atom. The molecule has 7 heteroatoms. The van der Waals surface area contributed by atoms with Crippen LogP contribution in [-0.2, 0) is 6.42 Å². The van der Waals surface area contributed by atoms with Crippen molar-refractivity contribution in [1.29, 1.82) is 0 Å². The fourth-order valence-corrected chi connectivity index (χ4v) is 4.80. The van der Waals surface area contributed by atoms with Crippen LogP contribution in [0.2, 0.25) is 0 Å². The minimum absolute atomic E-state index is 0.148. The SMILES string of the molecule is COc1ccc(CCOc2cccc(-c3cccc(NC(=O)c4ccc5sccc5c4)c3)n2)cc1OC. The van der Waals surface area contributed by atoms with E-state index in [0.717, 1.165) is 26.9 Å². The number of rotatable bonds is 9. The van der Waals surface area contributed by atoms with Gasteiger partial charge in [0.1, 0.15) is 0 Å². The van der Waals surface area contributed by atoms with Crippen LogP contribution >= 0.6 is 11.3 Å². The predicted molar refractivity (Wildman–Crippen MR) is 148 cm³/mol. The molecular weight excluding hydrogens is 484 g/mol. The summed E-state index contributed by atoms with van der Waals surface area (Å²) in [6.45, 7) is 0.469. The second-order valence-electron chi connectivity index (χ2n) is 8.36. The number of carbonyl (C=O) groups is 1. The summed E-state index contributed by atoms with van der Waals surface area (Å²) in [6, 6.07) is 26.9. The predicted octanol–water partition coefficient (Wildman–Crippen LogP) is 6.85. The molecule has 2 aromatic heterocycles. The standard InChI is InChI=1S/C30H26N2O4S/c1-34-26-11-9-20(17-27(26)35-2)13-15-36-29-8-4-7-25(32-29)21-5-3-6-24(19-21)31-30(33)23-10-12-28-22(18-23)14-16-37-28/h3-12,14,16-19H,13,15H2,1-2H3,(H,31,33). The molecule has 0 saturated heterocycles. The number of hydrogen-bond donors (Lipinski definition) is 1. The number of anilines is 1. The average molecular weight is 511 g/mol. The Kier molecular flexibility index (Phi) is 7.33. The number of hydrogen-bond acceptors (Lipinski definition) is 6. The van der Waals surface area contributed by atoms with Crippen LogP contribution in [0.4, 0.5) is 5.69 Å². The van der Waals surface area contributed by atoms with E-state index in [-0.39, 0.29) is 5.91 Å². The van der Waals surface area contributed by atoms with Crippen molar-refractivity contribution >= 4 is 33.0 Å². The van der Waals surface area contributed by atoms with Crippen molar-refractivity contribution in [3.8, 4) is 28.6 Å². The average Bonchev–Trinajstić information content (AvgIpc) is 3.41. The molecule has 0 spiro atoms. The number of thiophene rings is 1. The summed E-state index contributed by atoms with van der Waals surface area (Å²) in [5.41, 5.74) is 4.06. The Bertz CT molecular complexity index is 1550. The molecule has 5 aromatic rings. The number of nitrogens with zero attached hydrogens (tertiary/aromatic N) is 1. The van der Waals surface area contributed by atoms with Crippen LogP contribution in [-0.4, -0.2) is 31.7 Å². The zero-order valence-corrected chi connectivity index (χ0v) is 21.4. The lowest BCUT2D eigenvalue weighted by Crippen LogP contribution is -2.11. The third kappa shape index (κ3) is 5.73. The minimum atomic E-state index is -0.148. The summed E-state index contributed by atoms with van der Waals surface area (Å²) >= 11 is 1.66. The summed E-state index contributed by atoms with van der Waals surface area (Å²) < 4.78 is 17.8. The molecule has 1 N–H and O–H groups in total. The first-order chi connectivity index (χ1) is 18.1. The summed E-state index contributed by atoms with van der Waals surface area (Å²) in [4.78, 5) is 17.5. The normalized spacial score (nSPS) is 10.8. The molecular formula is C30H26N2O4S. The Balaban J connectivity index is 1.24. The minimum Gasteiger partial charge on any atom is -0.493 e. The largest absolute Gasteiger partial charge is 0.493 e. The molecule has 0 bridgehead atoms. The number of aromatic nitrogens is 1. The van der Waals surface area contributed by atoms with Crippen LogP contribution in [0.15, 0.2) is 90.3 Å². The summed E-state index contributed by atoms with van der Waals surface area (Å²) in [6.07, 6.45) is 0.699. The number of methoxy groups -OCH3 is 2. The van der Waals surface area contributed by atoms with Gasteiger partial charge in [-0.2, -0.15) is 0 Å². The van der Waals surface area contributed by atoms with Gasteiger partial charge < -0.3 is 19.5 Å². The van der Waals surface area contributed by atoms with E-state index in [4.69, 9.17) is 14.2 Å². The zero-order valence-electron chi connectivity index (χ0n) is 20.6. The summed E-state index contributed by atoms with van der Waals surface area (Å²) in [7, 11) is 3.24. The molecule has 0 fully saturated rings. The van der Waals surface area contributed by atoms with Gasteiger partial charge in [0.05, 0.1) is 26.5 Å². The highest BCUT2D eigenvalue weighted by Crippen LogP contribution is 2.28. The van der Waals surface area contributed by atoms with Crippen molar-refractivity contribution in [2.75, 3.05) is 26.1 Å². The zero-order chi connectivity index (χ0) is 25.6. The topological polar surface area (TPSA) is 69.7 Å². The number of ether oxygens (including phenoxy) is 3. The van der Waals surface area contributed by atoms with E-state index in [1.54, 1.807) is 25.6 Å². The van der Waals surface area contributed by atoms with E-state index in [0.29, 0.717) is 41.7 Å². The van der Waals surface area contributed by atoms with Gasteiger partial charge in [-0.05, 0) is 70.9 Å². The fraction of sp³-hybridized carbons (Fsp3) is 0.133. The Morgan fingerprint density at radius 3 is 2.62 bits per heavy atom. The number of amides is 1. The number of pyridine rings is 1. The first kappa shape index (κ1) is 24.3. The van der Waals surface area contributed by atoms with E-state index in [2.05, 4.69) is 10.3 Å². The molecule has 0 radical (unpaired) electrons. The number of benzene rings is 3. The lowest BCUT2D eigenvalue weighted by molar-refractivity contribution is 0.102. The Morgan fingerprint density at radius 2 is 1.76 bits per heavy atom. The van der Waals surface area contributed by atoms with E-state index in [9.17, 15) is 4.79 Å². The van der Waals surface area contributed by atoms with E-state index < -0.39 is 0 Å². The van der Waals surface area contributed by atoms with Gasteiger partial charge in [-0.3, -0.25) is 4.79 Å². The molecule has 0 saturated carbocycles. The number of nitrogens with one attached hydrogen (secondary N) is 1. The molecule has 1 amide bonds. The molecule has 5 rings (SSSR count). The van der Waals surface area contributed by atoms with Gasteiger partial charge >= 0.3 is 0 Å². The number of carbonyl (C=O) groups excluding carboxylic acids is 1. The Hall–Kier alpha value is -4.36. The van der Waals surface area contributed by atoms with Crippen LogP contribution in [0.3, 0.4) is 0 Å². The molecule has 0 atom stereocenters. The quantitative estimate of drug-likeness (QED) is 0.235. The van der Waals surface area contributed by atoms with Crippen LogP contribution in [0.5, 0.6) is 17.4 Å². The summed E-state index contributed by atoms with van der Waals surface area (Å²) in [5.74, 6) is 1.78. The van der Waals surface area contributed by atoms with Crippen molar-refractivity contribution in [1.82, 2.24) is 4.98 Å². The van der Waals surface area contributed by atoms with Crippen LogP contribution in [0.1, 0.15) is 15.9 Å². The molecule has 0 unspecified atom stereocenters. The monoisotopic (exact) mass is 510 g/mol. The van der Waals surface area contributed by atoms with Gasteiger partial charge in [-0.15, -0.1) is 11.3 Å². The van der Waals surface area contributed by atoms with Gasteiger partial charge in [-0.1, -0.05) is 24.3 Å². The van der Waals surface area contributed by atoms with Crippen molar-refractivity contribution < 1.29 is 19.0 Å². The van der Waals surface area contributed by atoms with E-state index in [1.165, 1.54) is 0 Å². The van der Waals surface area contributed by atoms with Gasteiger partial charge in [0.15, 0.2) is 11.5 Å². The smallest absolute Gasteiger partial charge is 0.255 e. The first-order valence-electron chi connectivity index (χ1n) is 11.8. The lowest BCUT2D eigenvalue weighted by Gasteiger charge is -2.11. The van der Waals surface area contributed by atoms with Crippen LogP contribution in [0.25, 0.3) is 21.3 Å². The van der Waals surface area contributed by atoms with Gasteiger partial charge in [0, 0.05) is 34.0 Å². The number of fused-ring (bicyclic) bond motifs is 1. The molecule has 37 heavy (non-hydrogen) atoms. The molecule has 3 aromatic carbocycles. The molecule has 6 nitrogen and oxygen atoms in total. The fourth-order valence-electron chi connectivity index (χ4n) is 4.03. The third-order valence-corrected chi connectivity index (χ3v) is 6.84. The van der Waals surface area contributed by atoms with Gasteiger partial charge in [-0.25, -0.2) is 4.98 Å². The van der Waals surface area contributed by atoms with Gasteiger partial charge in [0.2, 0.25) is 5.88 Å². The van der Waals surface area contributed by atoms with Crippen molar-refractivity contribution in [2.45, 2.75) is 6.42 Å². The maximum absolute atomic E-state index is 12.8. The second-order valence-corrected chi connectivity index (χ2v) is 9.30. The Labute approximate surface area is 219 Å². The molecule has 0 aliphatic rings. The van der Waals surface area contributed by atoms with Gasteiger partial charge in [0.25, 0.3) is 5.91 Å². The molecule has 0 aliphatic carbocycles. The molecule has 186 valence electrons. The maximum atomic E-state index is 12.8. The third-order valence-electron chi connectivity index (χ3n) is 5.94. The highest BCUT2D eigenvalue weighted by molar-refractivity contribution is 7.17. The molecule has 0 aliphatic heterocycles. The highest BCUT2D eigenvalue weighted by atomic mass is 32.1. The van der Waals surface area contributed by atoms with Crippen molar-refractivity contribution in [3.63, 3.8) is 0 Å². The maximum Gasteiger partial charge on any atom is 0.255 e. The molecule has 2 heterocycles. The van der Waals surface area contributed by atoms with E-state index >= 15 is 0 Å². The van der Waals surface area contributed by atoms with Crippen LogP contribution < -0.4 is 19.5 Å².